The smallest absolute Gasteiger partial charge is 0.129 e. The second-order valence-electron chi connectivity index (χ2n) is 8.26. The van der Waals surface area contributed by atoms with E-state index in [0.717, 1.165) is 39.7 Å². The van der Waals surface area contributed by atoms with Crippen molar-refractivity contribution < 1.29 is 4.74 Å². The molecular formula is C22H26ClN3O. The number of nitrogens with zero attached hydrogens (tertiary/aromatic N) is 1. The molecule has 1 aliphatic carbocycles. The zero-order valence-corrected chi connectivity index (χ0v) is 16.6. The number of aromatic amines is 1. The number of hydrogen-bond donors (Lipinski definition) is 2. The number of hydrogen-bond acceptors (Lipinski definition) is 3. The van der Waals surface area contributed by atoms with Crippen LogP contribution >= 0.6 is 11.6 Å². The van der Waals surface area contributed by atoms with Gasteiger partial charge in [-0.2, -0.15) is 0 Å². The summed E-state index contributed by atoms with van der Waals surface area (Å²) in [5.41, 5.74) is 3.48. The van der Waals surface area contributed by atoms with Crippen molar-refractivity contribution >= 4 is 22.6 Å². The first-order chi connectivity index (χ1) is 13.0. The second-order valence-corrected chi connectivity index (χ2v) is 8.66. The monoisotopic (exact) mass is 383 g/mol. The van der Waals surface area contributed by atoms with Crippen LogP contribution in [-0.4, -0.2) is 16.0 Å². The quantitative estimate of drug-likeness (QED) is 0.562. The van der Waals surface area contributed by atoms with Crippen LogP contribution in [0.3, 0.4) is 0 Å². The van der Waals surface area contributed by atoms with Crippen LogP contribution in [0, 0.1) is 5.41 Å². The zero-order chi connectivity index (χ0) is 18.9. The van der Waals surface area contributed by atoms with Crippen molar-refractivity contribution in [3.8, 4) is 11.5 Å². The minimum absolute atomic E-state index is 0.494. The summed E-state index contributed by atoms with van der Waals surface area (Å²) in [6.45, 7) is 5.52. The number of halogens is 1. The van der Waals surface area contributed by atoms with Gasteiger partial charge in [-0.05, 0) is 60.9 Å². The van der Waals surface area contributed by atoms with Crippen LogP contribution in [0.2, 0.25) is 5.02 Å². The molecule has 0 spiro atoms. The molecule has 1 aromatic heterocycles. The van der Waals surface area contributed by atoms with Gasteiger partial charge in [-0.1, -0.05) is 31.5 Å². The maximum atomic E-state index is 6.50. The summed E-state index contributed by atoms with van der Waals surface area (Å²) in [4.78, 5) is 7.31. The Morgan fingerprint density at radius 3 is 2.67 bits per heavy atom. The first-order valence-electron chi connectivity index (χ1n) is 9.61. The van der Waals surface area contributed by atoms with Crippen molar-refractivity contribution in [2.45, 2.75) is 52.1 Å². The highest BCUT2D eigenvalue weighted by atomic mass is 35.5. The summed E-state index contributed by atoms with van der Waals surface area (Å²) in [5.74, 6) is 1.50. The second kappa shape index (κ2) is 7.53. The summed E-state index contributed by atoms with van der Waals surface area (Å²) < 4.78 is 5.96. The maximum absolute atomic E-state index is 6.50. The molecule has 1 aliphatic rings. The molecule has 142 valence electrons. The molecule has 0 unspecified atom stereocenters. The van der Waals surface area contributed by atoms with Gasteiger partial charge in [0.05, 0.1) is 17.4 Å². The molecular weight excluding hydrogens is 358 g/mol. The Labute approximate surface area is 165 Å². The Balaban J connectivity index is 1.37. The van der Waals surface area contributed by atoms with Crippen molar-refractivity contribution in [2.75, 3.05) is 0 Å². The van der Waals surface area contributed by atoms with Crippen molar-refractivity contribution in [1.82, 2.24) is 15.3 Å². The standard InChI is InChI=1S/C22H26ClN3O/c1-22(2)9-7-16(8-10-22)24-13-15-3-4-17(11-19(15)23)27-18-5-6-20-21(12-18)26-14-25-20/h3-6,11-12,14,16,24H,7-10,13H2,1-2H3,(H,25,26). The fraction of sp³-hybridized carbons (Fsp3) is 0.409. The third-order valence-electron chi connectivity index (χ3n) is 5.57. The Kier molecular flexibility index (Phi) is 5.11. The van der Waals surface area contributed by atoms with Crippen molar-refractivity contribution in [2.24, 2.45) is 5.41 Å². The molecule has 0 aliphatic heterocycles. The highest BCUT2D eigenvalue weighted by Gasteiger charge is 2.26. The van der Waals surface area contributed by atoms with Crippen LogP contribution in [-0.2, 0) is 6.54 Å². The van der Waals surface area contributed by atoms with Gasteiger partial charge in [0.25, 0.3) is 0 Å². The van der Waals surface area contributed by atoms with Crippen LogP contribution in [0.4, 0.5) is 0 Å². The number of fused-ring (bicyclic) bond motifs is 1. The van der Waals surface area contributed by atoms with Crippen LogP contribution < -0.4 is 10.1 Å². The molecule has 1 fully saturated rings. The number of H-pyrrole nitrogens is 1. The van der Waals surface area contributed by atoms with Gasteiger partial charge >= 0.3 is 0 Å². The summed E-state index contributed by atoms with van der Waals surface area (Å²) in [6.07, 6.45) is 6.72. The van der Waals surface area contributed by atoms with Crippen molar-refractivity contribution in [1.29, 1.82) is 0 Å². The first kappa shape index (κ1) is 18.3. The summed E-state index contributed by atoms with van der Waals surface area (Å²) in [6, 6.07) is 12.3. The largest absolute Gasteiger partial charge is 0.457 e. The summed E-state index contributed by atoms with van der Waals surface area (Å²) in [7, 11) is 0. The number of aromatic nitrogens is 2. The average molecular weight is 384 g/mol. The Bertz CT molecular complexity index is 924. The van der Waals surface area contributed by atoms with E-state index in [1.165, 1.54) is 25.7 Å². The highest BCUT2D eigenvalue weighted by molar-refractivity contribution is 6.31. The Hall–Kier alpha value is -2.04. The molecule has 27 heavy (non-hydrogen) atoms. The minimum Gasteiger partial charge on any atom is -0.457 e. The van der Waals surface area contributed by atoms with Gasteiger partial charge in [-0.15, -0.1) is 0 Å². The van der Waals surface area contributed by atoms with E-state index in [-0.39, 0.29) is 0 Å². The molecule has 4 nitrogen and oxygen atoms in total. The zero-order valence-electron chi connectivity index (χ0n) is 15.9. The van der Waals surface area contributed by atoms with E-state index < -0.39 is 0 Å². The predicted molar refractivity (Wildman–Crippen MR) is 110 cm³/mol. The molecule has 0 bridgehead atoms. The van der Waals surface area contributed by atoms with Crippen LogP contribution in [0.15, 0.2) is 42.7 Å². The molecule has 4 rings (SSSR count). The van der Waals surface area contributed by atoms with Crippen molar-refractivity contribution in [3.05, 3.63) is 53.3 Å². The summed E-state index contributed by atoms with van der Waals surface area (Å²) >= 11 is 6.50. The lowest BCUT2D eigenvalue weighted by molar-refractivity contribution is 0.206. The average Bonchev–Trinajstić information content (AvgIpc) is 3.10. The van der Waals surface area contributed by atoms with Crippen LogP contribution in [0.5, 0.6) is 11.5 Å². The third-order valence-corrected chi connectivity index (χ3v) is 5.92. The highest BCUT2D eigenvalue weighted by Crippen LogP contribution is 2.35. The lowest BCUT2D eigenvalue weighted by Crippen LogP contribution is -2.35. The lowest BCUT2D eigenvalue weighted by Gasteiger charge is -2.34. The van der Waals surface area contributed by atoms with Crippen LogP contribution in [0.1, 0.15) is 45.1 Å². The predicted octanol–water partition coefficient (Wildman–Crippen LogP) is 6.07. The molecule has 1 heterocycles. The van der Waals surface area contributed by atoms with E-state index in [1.54, 1.807) is 6.33 Å². The topological polar surface area (TPSA) is 49.9 Å². The van der Waals surface area contributed by atoms with Gasteiger partial charge in [-0.25, -0.2) is 4.98 Å². The number of nitrogens with one attached hydrogen (secondary N) is 2. The molecule has 1 saturated carbocycles. The van der Waals surface area contributed by atoms with Crippen LogP contribution in [0.25, 0.3) is 11.0 Å². The fourth-order valence-corrected chi connectivity index (χ4v) is 3.94. The number of rotatable bonds is 5. The molecule has 3 aromatic rings. The fourth-order valence-electron chi connectivity index (χ4n) is 3.71. The number of imidazole rings is 1. The normalized spacial score (nSPS) is 17.3. The minimum atomic E-state index is 0.494. The van der Waals surface area contributed by atoms with E-state index in [1.807, 2.05) is 36.4 Å². The van der Waals surface area contributed by atoms with Gasteiger partial charge in [0.15, 0.2) is 0 Å². The number of ether oxygens (including phenoxy) is 1. The van der Waals surface area contributed by atoms with Gasteiger partial charge in [0.1, 0.15) is 11.5 Å². The van der Waals surface area contributed by atoms with E-state index in [4.69, 9.17) is 16.3 Å². The van der Waals surface area contributed by atoms with Gasteiger partial charge in [0, 0.05) is 23.7 Å². The molecule has 2 N–H and O–H groups in total. The molecule has 0 saturated heterocycles. The van der Waals surface area contributed by atoms with Gasteiger partial charge < -0.3 is 15.0 Å². The first-order valence-corrected chi connectivity index (χ1v) is 9.99. The van der Waals surface area contributed by atoms with E-state index in [2.05, 4.69) is 29.1 Å². The van der Waals surface area contributed by atoms with E-state index in [9.17, 15) is 0 Å². The maximum Gasteiger partial charge on any atom is 0.129 e. The molecule has 0 atom stereocenters. The molecule has 5 heteroatoms. The van der Waals surface area contributed by atoms with E-state index in [0.29, 0.717) is 11.5 Å². The number of benzene rings is 2. The van der Waals surface area contributed by atoms with Crippen molar-refractivity contribution in [3.63, 3.8) is 0 Å². The summed E-state index contributed by atoms with van der Waals surface area (Å²) in [5, 5.41) is 4.40. The van der Waals surface area contributed by atoms with Gasteiger partial charge in [-0.3, -0.25) is 0 Å². The third kappa shape index (κ3) is 4.45. The van der Waals surface area contributed by atoms with Gasteiger partial charge in [0.2, 0.25) is 0 Å². The molecule has 0 radical (unpaired) electrons. The lowest BCUT2D eigenvalue weighted by atomic mass is 9.75. The van der Waals surface area contributed by atoms with E-state index >= 15 is 0 Å². The molecule has 0 amide bonds. The molecule has 2 aromatic carbocycles. The Morgan fingerprint density at radius 2 is 1.89 bits per heavy atom. The Morgan fingerprint density at radius 1 is 1.15 bits per heavy atom. The SMILES string of the molecule is CC1(C)CCC(NCc2ccc(Oc3ccc4nc[nH]c4c3)cc2Cl)CC1.